The fourth-order valence-electron chi connectivity index (χ4n) is 3.87. The van der Waals surface area contributed by atoms with Gasteiger partial charge in [0.25, 0.3) is 5.97 Å². The van der Waals surface area contributed by atoms with Crippen LogP contribution in [0.2, 0.25) is 0 Å². The molecule has 0 amide bonds. The van der Waals surface area contributed by atoms with Gasteiger partial charge in [0, 0.05) is 18.9 Å². The molecule has 2 aromatic rings. The molecule has 2 saturated heterocycles. The van der Waals surface area contributed by atoms with E-state index in [1.165, 1.54) is 7.11 Å². The van der Waals surface area contributed by atoms with Crippen LogP contribution >= 0.6 is 0 Å². The van der Waals surface area contributed by atoms with Crippen LogP contribution in [0.15, 0.2) is 65.8 Å². The van der Waals surface area contributed by atoms with Crippen LogP contribution in [0.25, 0.3) is 10.4 Å². The smallest absolute Gasteiger partial charge is 0.282 e. The Morgan fingerprint density at radius 3 is 2.09 bits per heavy atom. The molecular weight excluding hydrogens is 414 g/mol. The van der Waals surface area contributed by atoms with Gasteiger partial charge in [-0.1, -0.05) is 65.8 Å². The summed E-state index contributed by atoms with van der Waals surface area (Å²) in [5.74, 6) is -1.28. The molecule has 1 unspecified atom stereocenters. The van der Waals surface area contributed by atoms with Crippen molar-refractivity contribution in [3.63, 3.8) is 0 Å². The molecule has 2 heterocycles. The van der Waals surface area contributed by atoms with E-state index in [1.807, 2.05) is 60.7 Å². The lowest BCUT2D eigenvalue weighted by Gasteiger charge is -2.42. The SMILES string of the molecule is COC1(C)O[C@@H]2O[C@H](CN=[N+]=[N-])[C@@H](OCc3ccccc3)[C@H](OCc3ccccc3)[C@@H]2O1. The Balaban J connectivity index is 1.59. The van der Waals surface area contributed by atoms with Crippen LogP contribution in [0.4, 0.5) is 0 Å². The number of benzene rings is 2. The lowest BCUT2D eigenvalue weighted by molar-refractivity contribution is -0.333. The van der Waals surface area contributed by atoms with Crippen molar-refractivity contribution in [3.05, 3.63) is 82.2 Å². The molecule has 0 N–H and O–H groups in total. The summed E-state index contributed by atoms with van der Waals surface area (Å²) in [6.07, 6.45) is -3.04. The van der Waals surface area contributed by atoms with Gasteiger partial charge in [-0.05, 0) is 16.7 Å². The molecule has 0 aliphatic carbocycles. The van der Waals surface area contributed by atoms with E-state index < -0.39 is 36.7 Å². The first kappa shape index (κ1) is 22.7. The number of fused-ring (bicyclic) bond motifs is 1. The molecule has 0 saturated carbocycles. The summed E-state index contributed by atoms with van der Waals surface area (Å²) in [7, 11) is 1.50. The van der Waals surface area contributed by atoms with E-state index in [2.05, 4.69) is 10.0 Å². The maximum absolute atomic E-state index is 8.87. The fraction of sp³-hybridized carbons (Fsp3) is 0.478. The molecule has 170 valence electrons. The standard InChI is InChI=1S/C23H27N3O6/c1-23(27-2)31-21-20(29-15-17-11-7-4-8-12-17)19(28-14-16-9-5-3-6-10-16)18(13-25-26-24)30-22(21)32-23/h3-12,18-22H,13-15H2,1-2H3/t18-,19-,20+,21+,22+,23?/m1/s1. The molecule has 2 aliphatic heterocycles. The summed E-state index contributed by atoms with van der Waals surface area (Å²) in [6, 6.07) is 19.6. The zero-order valence-electron chi connectivity index (χ0n) is 18.1. The van der Waals surface area contributed by atoms with Gasteiger partial charge < -0.3 is 23.7 Å². The third-order valence-corrected chi connectivity index (χ3v) is 5.54. The lowest BCUT2D eigenvalue weighted by Crippen LogP contribution is -2.59. The first-order valence-corrected chi connectivity index (χ1v) is 10.5. The molecule has 2 aromatic carbocycles. The predicted octanol–water partition coefficient (Wildman–Crippen LogP) is 3.93. The Labute approximate surface area is 186 Å². The number of ether oxygens (including phenoxy) is 6. The highest BCUT2D eigenvalue weighted by molar-refractivity contribution is 5.14. The van der Waals surface area contributed by atoms with Gasteiger partial charge in [-0.3, -0.25) is 4.74 Å². The summed E-state index contributed by atoms with van der Waals surface area (Å²) in [6.45, 7) is 2.43. The minimum absolute atomic E-state index is 0.0669. The molecule has 9 heteroatoms. The van der Waals surface area contributed by atoms with Gasteiger partial charge in [-0.25, -0.2) is 0 Å². The van der Waals surface area contributed by atoms with Crippen molar-refractivity contribution < 1.29 is 28.4 Å². The Kier molecular flexibility index (Phi) is 7.39. The quantitative estimate of drug-likeness (QED) is 0.332. The Bertz CT molecular complexity index is 910. The van der Waals surface area contributed by atoms with Crippen LogP contribution in [-0.4, -0.2) is 50.3 Å². The van der Waals surface area contributed by atoms with Crippen LogP contribution < -0.4 is 0 Å². The third kappa shape index (κ3) is 5.28. The first-order chi connectivity index (χ1) is 15.6. The maximum atomic E-state index is 8.87. The molecule has 0 bridgehead atoms. The second kappa shape index (κ2) is 10.4. The summed E-state index contributed by atoms with van der Waals surface area (Å²) in [4.78, 5) is 2.88. The molecule has 2 aliphatic rings. The molecule has 32 heavy (non-hydrogen) atoms. The highest BCUT2D eigenvalue weighted by Crippen LogP contribution is 2.39. The van der Waals surface area contributed by atoms with Crippen molar-refractivity contribution in [3.8, 4) is 0 Å². The number of rotatable bonds is 9. The maximum Gasteiger partial charge on any atom is 0.282 e. The van der Waals surface area contributed by atoms with E-state index in [9.17, 15) is 0 Å². The van der Waals surface area contributed by atoms with E-state index in [0.29, 0.717) is 13.2 Å². The largest absolute Gasteiger partial charge is 0.368 e. The van der Waals surface area contributed by atoms with Gasteiger partial charge in [-0.15, -0.1) is 0 Å². The normalized spacial score (nSPS) is 31.6. The first-order valence-electron chi connectivity index (χ1n) is 10.5. The van der Waals surface area contributed by atoms with Gasteiger partial charge in [0.05, 0.1) is 25.9 Å². The second-order valence-electron chi connectivity index (χ2n) is 7.75. The van der Waals surface area contributed by atoms with Gasteiger partial charge in [0.2, 0.25) is 0 Å². The fourth-order valence-corrected chi connectivity index (χ4v) is 3.87. The average molecular weight is 441 g/mol. The molecule has 0 aromatic heterocycles. The molecule has 4 rings (SSSR count). The Hall–Kier alpha value is -2.49. The zero-order valence-corrected chi connectivity index (χ0v) is 18.1. The Morgan fingerprint density at radius 2 is 1.53 bits per heavy atom. The summed E-state index contributed by atoms with van der Waals surface area (Å²) in [5.41, 5.74) is 10.9. The minimum Gasteiger partial charge on any atom is -0.368 e. The molecule has 6 atom stereocenters. The summed E-state index contributed by atoms with van der Waals surface area (Å²) >= 11 is 0. The van der Waals surface area contributed by atoms with E-state index >= 15 is 0 Å². The van der Waals surface area contributed by atoms with Gasteiger partial charge >= 0.3 is 0 Å². The van der Waals surface area contributed by atoms with Crippen molar-refractivity contribution in [2.45, 2.75) is 56.8 Å². The van der Waals surface area contributed by atoms with Crippen molar-refractivity contribution in [1.82, 2.24) is 0 Å². The molecular formula is C23H27N3O6. The van der Waals surface area contributed by atoms with Crippen LogP contribution in [0.5, 0.6) is 0 Å². The lowest BCUT2D eigenvalue weighted by atomic mass is 9.98. The van der Waals surface area contributed by atoms with Crippen molar-refractivity contribution >= 4 is 0 Å². The zero-order chi connectivity index (χ0) is 22.4. The molecule has 9 nitrogen and oxygen atoms in total. The average Bonchev–Trinajstić information content (AvgIpc) is 3.18. The monoisotopic (exact) mass is 441 g/mol. The number of hydrogen-bond donors (Lipinski definition) is 0. The minimum atomic E-state index is -1.28. The number of nitrogens with zero attached hydrogens (tertiary/aromatic N) is 3. The van der Waals surface area contributed by atoms with Gasteiger partial charge in [-0.2, -0.15) is 0 Å². The van der Waals surface area contributed by atoms with Crippen LogP contribution in [-0.2, 0) is 41.6 Å². The van der Waals surface area contributed by atoms with Crippen molar-refractivity contribution in [2.24, 2.45) is 5.11 Å². The number of methoxy groups -OCH3 is 1. The highest BCUT2D eigenvalue weighted by atomic mass is 16.9. The van der Waals surface area contributed by atoms with E-state index in [1.54, 1.807) is 6.92 Å². The Morgan fingerprint density at radius 1 is 0.938 bits per heavy atom. The van der Waals surface area contributed by atoms with Gasteiger partial charge in [0.1, 0.15) is 18.3 Å². The number of hydrogen-bond acceptors (Lipinski definition) is 7. The summed E-state index contributed by atoms with van der Waals surface area (Å²) < 4.78 is 36.0. The van der Waals surface area contributed by atoms with Gasteiger partial charge in [0.15, 0.2) is 6.29 Å². The third-order valence-electron chi connectivity index (χ3n) is 5.54. The van der Waals surface area contributed by atoms with Crippen molar-refractivity contribution in [1.29, 1.82) is 0 Å². The van der Waals surface area contributed by atoms with E-state index in [-0.39, 0.29) is 6.54 Å². The van der Waals surface area contributed by atoms with Crippen LogP contribution in [0, 0.1) is 0 Å². The number of azide groups is 1. The second-order valence-corrected chi connectivity index (χ2v) is 7.75. The highest BCUT2D eigenvalue weighted by Gasteiger charge is 2.57. The van der Waals surface area contributed by atoms with E-state index in [4.69, 9.17) is 34.0 Å². The van der Waals surface area contributed by atoms with Crippen molar-refractivity contribution in [2.75, 3.05) is 13.7 Å². The van der Waals surface area contributed by atoms with Crippen LogP contribution in [0.3, 0.4) is 0 Å². The predicted molar refractivity (Wildman–Crippen MR) is 114 cm³/mol. The topological polar surface area (TPSA) is 104 Å². The van der Waals surface area contributed by atoms with E-state index in [0.717, 1.165) is 11.1 Å². The molecule has 0 spiro atoms. The molecule has 2 fully saturated rings. The van der Waals surface area contributed by atoms with Crippen LogP contribution in [0.1, 0.15) is 18.1 Å². The summed E-state index contributed by atoms with van der Waals surface area (Å²) in [5, 5.41) is 3.72. The molecule has 0 radical (unpaired) electrons.